The molecule has 0 atom stereocenters. The van der Waals surface area contributed by atoms with Crippen molar-refractivity contribution in [2.24, 2.45) is 0 Å². The van der Waals surface area contributed by atoms with E-state index in [-0.39, 0.29) is 5.78 Å². The lowest BCUT2D eigenvalue weighted by molar-refractivity contribution is 0.0992. The van der Waals surface area contributed by atoms with Crippen molar-refractivity contribution in [3.05, 3.63) is 63.9 Å². The maximum absolute atomic E-state index is 12.1. The van der Waals surface area contributed by atoms with Crippen molar-refractivity contribution in [3.63, 3.8) is 0 Å². The third-order valence-electron chi connectivity index (χ3n) is 2.51. The summed E-state index contributed by atoms with van der Waals surface area (Å²) in [6.45, 7) is 1.93. The van der Waals surface area contributed by atoms with Crippen LogP contribution < -0.4 is 0 Å². The van der Waals surface area contributed by atoms with E-state index in [9.17, 15) is 4.79 Å². The first-order valence-electron chi connectivity index (χ1n) is 5.35. The Morgan fingerprint density at radius 1 is 1.29 bits per heavy atom. The number of aryl methyl sites for hydroxylation is 1. The third kappa shape index (κ3) is 3.01. The second-order valence-corrected chi connectivity index (χ2v) is 4.80. The van der Waals surface area contributed by atoms with Gasteiger partial charge in [-0.2, -0.15) is 0 Å². The molecular weight excluding hydrogens is 278 g/mol. The summed E-state index contributed by atoms with van der Waals surface area (Å²) in [4.78, 5) is 16.1. The number of Topliss-reactive ketones (excluding diaryl/α,β-unsaturated/α-hetero) is 1. The number of carbonyl (C=O) groups excluding carboxylic acids is 1. The van der Waals surface area contributed by atoms with Gasteiger partial charge in [0.25, 0.3) is 0 Å². The van der Waals surface area contributed by atoms with Gasteiger partial charge < -0.3 is 0 Å². The van der Waals surface area contributed by atoms with Crippen LogP contribution >= 0.6 is 15.9 Å². The smallest absolute Gasteiger partial charge is 0.168 e. The Bertz CT molecular complexity index is 551. The molecule has 0 saturated carbocycles. The molecule has 2 nitrogen and oxygen atoms in total. The summed E-state index contributed by atoms with van der Waals surface area (Å²) in [5, 5.41) is 0. The average molecular weight is 290 g/mol. The lowest BCUT2D eigenvalue weighted by Crippen LogP contribution is -2.04. The van der Waals surface area contributed by atoms with E-state index in [1.54, 1.807) is 12.4 Å². The van der Waals surface area contributed by atoms with Crippen LogP contribution in [0.5, 0.6) is 0 Å². The first kappa shape index (κ1) is 12.0. The van der Waals surface area contributed by atoms with E-state index < -0.39 is 0 Å². The number of ketones is 1. The highest BCUT2D eigenvalue weighted by Gasteiger charge is 2.09. The van der Waals surface area contributed by atoms with Gasteiger partial charge in [-0.05, 0) is 30.2 Å². The van der Waals surface area contributed by atoms with Gasteiger partial charge in [0.05, 0.1) is 0 Å². The number of carbonyl (C=O) groups is 1. The normalized spacial score (nSPS) is 10.2. The van der Waals surface area contributed by atoms with Gasteiger partial charge in [-0.3, -0.25) is 9.78 Å². The fraction of sp³-hybridized carbons (Fsp3) is 0.143. The standard InChI is InChI=1S/C14H12BrNO/c1-10-6-12(9-16-8-10)14(17)7-11-4-2-3-5-13(11)15/h2-6,8-9H,7H2,1H3. The Balaban J connectivity index is 2.20. The molecular formula is C14H12BrNO. The zero-order valence-corrected chi connectivity index (χ0v) is 11.1. The highest BCUT2D eigenvalue weighted by molar-refractivity contribution is 9.10. The molecule has 0 radical (unpaired) electrons. The van der Waals surface area contributed by atoms with Gasteiger partial charge in [-0.25, -0.2) is 0 Å². The molecule has 86 valence electrons. The van der Waals surface area contributed by atoms with Gasteiger partial charge in [-0.15, -0.1) is 0 Å². The van der Waals surface area contributed by atoms with Crippen LogP contribution in [0.15, 0.2) is 47.2 Å². The summed E-state index contributed by atoms with van der Waals surface area (Å²) >= 11 is 3.44. The van der Waals surface area contributed by atoms with Crippen LogP contribution in [0.25, 0.3) is 0 Å². The molecule has 0 saturated heterocycles. The van der Waals surface area contributed by atoms with E-state index in [1.165, 1.54) is 0 Å². The monoisotopic (exact) mass is 289 g/mol. The lowest BCUT2D eigenvalue weighted by atomic mass is 10.0. The molecule has 0 unspecified atom stereocenters. The van der Waals surface area contributed by atoms with Crippen LogP contribution in [0.1, 0.15) is 21.5 Å². The lowest BCUT2D eigenvalue weighted by Gasteiger charge is -2.04. The Kier molecular flexibility index (Phi) is 3.69. The molecule has 3 heteroatoms. The number of rotatable bonds is 3. The molecule has 1 aromatic heterocycles. The van der Waals surface area contributed by atoms with Crippen molar-refractivity contribution in [2.45, 2.75) is 13.3 Å². The number of nitrogens with zero attached hydrogens (tertiary/aromatic N) is 1. The number of halogens is 1. The number of aromatic nitrogens is 1. The van der Waals surface area contributed by atoms with Crippen molar-refractivity contribution >= 4 is 21.7 Å². The van der Waals surface area contributed by atoms with Crippen molar-refractivity contribution < 1.29 is 4.79 Å². The molecule has 17 heavy (non-hydrogen) atoms. The van der Waals surface area contributed by atoms with Crippen LogP contribution in [-0.4, -0.2) is 10.8 Å². The van der Waals surface area contributed by atoms with Crippen LogP contribution in [0.2, 0.25) is 0 Å². The molecule has 2 aromatic rings. The zero-order chi connectivity index (χ0) is 12.3. The van der Waals surface area contributed by atoms with Crippen LogP contribution in [-0.2, 0) is 6.42 Å². The first-order chi connectivity index (χ1) is 8.16. The van der Waals surface area contributed by atoms with Gasteiger partial charge in [0, 0.05) is 28.9 Å². The van der Waals surface area contributed by atoms with E-state index in [1.807, 2.05) is 37.3 Å². The van der Waals surface area contributed by atoms with E-state index in [4.69, 9.17) is 0 Å². The summed E-state index contributed by atoms with van der Waals surface area (Å²) < 4.78 is 0.967. The van der Waals surface area contributed by atoms with Gasteiger partial charge in [0.1, 0.15) is 0 Å². The summed E-state index contributed by atoms with van der Waals surface area (Å²) in [6.07, 6.45) is 3.76. The van der Waals surface area contributed by atoms with Crippen molar-refractivity contribution in [1.29, 1.82) is 0 Å². The van der Waals surface area contributed by atoms with Gasteiger partial charge in [0.2, 0.25) is 0 Å². The van der Waals surface area contributed by atoms with Crippen molar-refractivity contribution in [1.82, 2.24) is 4.98 Å². The molecule has 2 rings (SSSR count). The SMILES string of the molecule is Cc1cncc(C(=O)Cc2ccccc2Br)c1. The maximum Gasteiger partial charge on any atom is 0.168 e. The highest BCUT2D eigenvalue weighted by atomic mass is 79.9. The van der Waals surface area contributed by atoms with Crippen LogP contribution in [0, 0.1) is 6.92 Å². The molecule has 0 amide bonds. The third-order valence-corrected chi connectivity index (χ3v) is 3.28. The second-order valence-electron chi connectivity index (χ2n) is 3.94. The van der Waals surface area contributed by atoms with Crippen molar-refractivity contribution in [2.75, 3.05) is 0 Å². The molecule has 0 aliphatic heterocycles. The Hall–Kier alpha value is -1.48. The fourth-order valence-electron chi connectivity index (χ4n) is 1.62. The Morgan fingerprint density at radius 2 is 2.06 bits per heavy atom. The minimum Gasteiger partial charge on any atom is -0.294 e. The van der Waals surface area contributed by atoms with Crippen LogP contribution in [0.3, 0.4) is 0 Å². The summed E-state index contributed by atoms with van der Waals surface area (Å²) in [6, 6.07) is 9.63. The molecule has 0 fully saturated rings. The summed E-state index contributed by atoms with van der Waals surface area (Å²) in [7, 11) is 0. The summed E-state index contributed by atoms with van der Waals surface area (Å²) in [5.41, 5.74) is 2.67. The quantitative estimate of drug-likeness (QED) is 0.809. The predicted octanol–water partition coefficient (Wildman–Crippen LogP) is 3.58. The highest BCUT2D eigenvalue weighted by Crippen LogP contribution is 2.18. The van der Waals surface area contributed by atoms with Gasteiger partial charge >= 0.3 is 0 Å². The molecule has 0 spiro atoms. The first-order valence-corrected chi connectivity index (χ1v) is 6.14. The predicted molar refractivity (Wildman–Crippen MR) is 71.2 cm³/mol. The molecule has 0 aliphatic rings. The molecule has 0 aliphatic carbocycles. The van der Waals surface area contributed by atoms with E-state index in [0.717, 1.165) is 15.6 Å². The topological polar surface area (TPSA) is 30.0 Å². The largest absolute Gasteiger partial charge is 0.294 e. The Labute approximate surface area is 109 Å². The van der Waals surface area contributed by atoms with Crippen LogP contribution in [0.4, 0.5) is 0 Å². The van der Waals surface area contributed by atoms with E-state index >= 15 is 0 Å². The van der Waals surface area contributed by atoms with Gasteiger partial charge in [-0.1, -0.05) is 34.1 Å². The minimum absolute atomic E-state index is 0.0908. The van der Waals surface area contributed by atoms with Gasteiger partial charge in [0.15, 0.2) is 5.78 Å². The van der Waals surface area contributed by atoms with E-state index in [0.29, 0.717) is 12.0 Å². The van der Waals surface area contributed by atoms with E-state index in [2.05, 4.69) is 20.9 Å². The fourth-order valence-corrected chi connectivity index (χ4v) is 2.05. The second kappa shape index (κ2) is 5.23. The molecule has 0 bridgehead atoms. The Morgan fingerprint density at radius 3 is 2.76 bits per heavy atom. The van der Waals surface area contributed by atoms with Crippen molar-refractivity contribution in [3.8, 4) is 0 Å². The minimum atomic E-state index is 0.0908. The zero-order valence-electron chi connectivity index (χ0n) is 9.48. The number of pyridine rings is 1. The molecule has 0 N–H and O–H groups in total. The maximum atomic E-state index is 12.1. The molecule has 1 aromatic carbocycles. The number of hydrogen-bond acceptors (Lipinski definition) is 2. The molecule has 1 heterocycles. The number of hydrogen-bond donors (Lipinski definition) is 0. The average Bonchev–Trinajstić information content (AvgIpc) is 2.32. The number of benzene rings is 1. The summed E-state index contributed by atoms with van der Waals surface area (Å²) in [5.74, 6) is 0.0908.